The average molecular weight is 429 g/mol. The van der Waals surface area contributed by atoms with Crippen molar-refractivity contribution >= 4 is 22.4 Å². The second kappa shape index (κ2) is 9.93. The lowest BCUT2D eigenvalue weighted by Gasteiger charge is -2.09. The molecule has 0 aliphatic rings. The van der Waals surface area contributed by atoms with Gasteiger partial charge in [0.2, 0.25) is 11.0 Å². The Morgan fingerprint density at radius 3 is 2.00 bits per heavy atom. The number of nitrogens with one attached hydrogen (secondary N) is 1. The van der Waals surface area contributed by atoms with Crippen LogP contribution in [0.3, 0.4) is 0 Å². The van der Waals surface area contributed by atoms with Crippen LogP contribution < -0.4 is 24.3 Å². The van der Waals surface area contributed by atoms with Crippen LogP contribution in [0.25, 0.3) is 0 Å². The molecule has 0 unspecified atom stereocenters. The number of hydrogen-bond donors (Lipinski definition) is 1. The highest BCUT2D eigenvalue weighted by Crippen LogP contribution is 2.30. The molecule has 0 spiro atoms. The Morgan fingerprint density at radius 1 is 0.833 bits per heavy atom. The zero-order chi connectivity index (χ0) is 21.5. The summed E-state index contributed by atoms with van der Waals surface area (Å²) < 4.78 is 21.1. The molecule has 0 saturated heterocycles. The molecule has 0 fully saturated rings. The standard InChI is InChI=1S/C21H23N3O5S/c1-26-15-7-5-13(9-17(15)28-3)11-19(25)22-21-24-23-20(30-21)12-14-6-8-16(27-2)18(10-14)29-4/h5-10H,11-12H2,1-4H3,(H,22,24,25). The lowest BCUT2D eigenvalue weighted by atomic mass is 10.1. The zero-order valence-corrected chi connectivity index (χ0v) is 18.0. The first kappa shape index (κ1) is 21.4. The minimum atomic E-state index is -0.184. The molecule has 1 heterocycles. The van der Waals surface area contributed by atoms with Gasteiger partial charge in [-0.2, -0.15) is 0 Å². The van der Waals surface area contributed by atoms with Crippen molar-refractivity contribution in [1.82, 2.24) is 10.2 Å². The molecule has 0 bridgehead atoms. The zero-order valence-electron chi connectivity index (χ0n) is 17.2. The number of nitrogens with zero attached hydrogens (tertiary/aromatic N) is 2. The van der Waals surface area contributed by atoms with Crippen molar-refractivity contribution in [3.8, 4) is 23.0 Å². The van der Waals surface area contributed by atoms with E-state index in [9.17, 15) is 4.79 Å². The van der Waals surface area contributed by atoms with Gasteiger partial charge in [0.15, 0.2) is 23.0 Å². The van der Waals surface area contributed by atoms with Crippen LogP contribution in [0, 0.1) is 0 Å². The molecule has 9 heteroatoms. The predicted molar refractivity (Wildman–Crippen MR) is 114 cm³/mol. The molecular weight excluding hydrogens is 406 g/mol. The number of methoxy groups -OCH3 is 4. The van der Waals surface area contributed by atoms with E-state index in [0.29, 0.717) is 34.6 Å². The van der Waals surface area contributed by atoms with Gasteiger partial charge in [0.1, 0.15) is 5.01 Å². The van der Waals surface area contributed by atoms with Crippen LogP contribution in [0.2, 0.25) is 0 Å². The maximum atomic E-state index is 12.4. The molecule has 2 aromatic carbocycles. The molecule has 0 saturated carbocycles. The first-order chi connectivity index (χ1) is 14.6. The SMILES string of the molecule is COc1ccc(CC(=O)Nc2nnc(Cc3ccc(OC)c(OC)c3)s2)cc1OC. The normalized spacial score (nSPS) is 10.4. The maximum absolute atomic E-state index is 12.4. The van der Waals surface area contributed by atoms with Crippen LogP contribution >= 0.6 is 11.3 Å². The smallest absolute Gasteiger partial charge is 0.230 e. The molecule has 8 nitrogen and oxygen atoms in total. The number of aromatic nitrogens is 2. The van der Waals surface area contributed by atoms with Gasteiger partial charge in [0.25, 0.3) is 0 Å². The molecule has 0 aliphatic heterocycles. The van der Waals surface area contributed by atoms with E-state index in [-0.39, 0.29) is 12.3 Å². The number of rotatable bonds is 9. The van der Waals surface area contributed by atoms with E-state index in [2.05, 4.69) is 15.5 Å². The molecular formula is C21H23N3O5S. The number of carbonyl (C=O) groups excluding carboxylic acids is 1. The van der Waals surface area contributed by atoms with Crippen molar-refractivity contribution in [2.75, 3.05) is 33.8 Å². The van der Waals surface area contributed by atoms with E-state index >= 15 is 0 Å². The lowest BCUT2D eigenvalue weighted by Crippen LogP contribution is -2.14. The van der Waals surface area contributed by atoms with Crippen molar-refractivity contribution in [2.24, 2.45) is 0 Å². The minimum Gasteiger partial charge on any atom is -0.493 e. The fourth-order valence-electron chi connectivity index (χ4n) is 2.88. The summed E-state index contributed by atoms with van der Waals surface area (Å²) in [6.07, 6.45) is 0.758. The summed E-state index contributed by atoms with van der Waals surface area (Å²) in [5.41, 5.74) is 1.81. The Labute approximate surface area is 178 Å². The molecule has 1 N–H and O–H groups in total. The topological polar surface area (TPSA) is 91.8 Å². The minimum absolute atomic E-state index is 0.184. The van der Waals surface area contributed by atoms with Crippen LogP contribution in [0.1, 0.15) is 16.1 Å². The van der Waals surface area contributed by atoms with Crippen molar-refractivity contribution in [2.45, 2.75) is 12.8 Å². The Hall–Kier alpha value is -3.33. The molecule has 0 atom stereocenters. The third-order valence-electron chi connectivity index (χ3n) is 4.33. The van der Waals surface area contributed by atoms with Gasteiger partial charge in [0, 0.05) is 6.42 Å². The van der Waals surface area contributed by atoms with Gasteiger partial charge in [-0.3, -0.25) is 4.79 Å². The summed E-state index contributed by atoms with van der Waals surface area (Å²) in [4.78, 5) is 12.4. The van der Waals surface area contributed by atoms with Crippen LogP contribution in [-0.2, 0) is 17.6 Å². The van der Waals surface area contributed by atoms with E-state index in [1.54, 1.807) is 40.6 Å². The van der Waals surface area contributed by atoms with E-state index < -0.39 is 0 Å². The predicted octanol–water partition coefficient (Wildman–Crippen LogP) is 3.34. The van der Waals surface area contributed by atoms with E-state index in [1.165, 1.54) is 11.3 Å². The molecule has 3 aromatic rings. The van der Waals surface area contributed by atoms with Gasteiger partial charge in [-0.05, 0) is 35.4 Å². The third-order valence-corrected chi connectivity index (χ3v) is 5.17. The average Bonchev–Trinajstić information content (AvgIpc) is 3.19. The van der Waals surface area contributed by atoms with E-state index in [1.807, 2.05) is 24.3 Å². The van der Waals surface area contributed by atoms with E-state index in [0.717, 1.165) is 16.1 Å². The molecule has 0 radical (unpaired) electrons. The highest BCUT2D eigenvalue weighted by atomic mass is 32.1. The highest BCUT2D eigenvalue weighted by Gasteiger charge is 2.12. The summed E-state index contributed by atoms with van der Waals surface area (Å²) in [5.74, 6) is 2.34. The Bertz CT molecular complexity index is 1020. The van der Waals surface area contributed by atoms with Gasteiger partial charge < -0.3 is 24.3 Å². The van der Waals surface area contributed by atoms with Crippen LogP contribution in [0.4, 0.5) is 5.13 Å². The summed E-state index contributed by atoms with van der Waals surface area (Å²) in [6.45, 7) is 0. The second-order valence-electron chi connectivity index (χ2n) is 6.28. The molecule has 30 heavy (non-hydrogen) atoms. The molecule has 1 aromatic heterocycles. The van der Waals surface area contributed by atoms with Crippen LogP contribution in [0.15, 0.2) is 36.4 Å². The number of carbonyl (C=O) groups is 1. The summed E-state index contributed by atoms with van der Waals surface area (Å²) in [7, 11) is 6.32. The number of benzene rings is 2. The molecule has 158 valence electrons. The monoisotopic (exact) mass is 429 g/mol. The Kier molecular flexibility index (Phi) is 7.08. The van der Waals surface area contributed by atoms with Crippen LogP contribution in [0.5, 0.6) is 23.0 Å². The second-order valence-corrected chi connectivity index (χ2v) is 7.34. The van der Waals surface area contributed by atoms with Crippen LogP contribution in [-0.4, -0.2) is 44.5 Å². The van der Waals surface area contributed by atoms with Crippen molar-refractivity contribution in [3.05, 3.63) is 52.5 Å². The Morgan fingerprint density at radius 2 is 1.40 bits per heavy atom. The lowest BCUT2D eigenvalue weighted by molar-refractivity contribution is -0.115. The van der Waals surface area contributed by atoms with E-state index in [4.69, 9.17) is 18.9 Å². The van der Waals surface area contributed by atoms with Crippen molar-refractivity contribution in [3.63, 3.8) is 0 Å². The first-order valence-corrected chi connectivity index (χ1v) is 9.92. The Balaban J connectivity index is 1.62. The van der Waals surface area contributed by atoms with Gasteiger partial charge in [-0.25, -0.2) is 0 Å². The van der Waals surface area contributed by atoms with Crippen molar-refractivity contribution < 1.29 is 23.7 Å². The number of amides is 1. The van der Waals surface area contributed by atoms with Gasteiger partial charge in [-0.1, -0.05) is 23.5 Å². The third kappa shape index (κ3) is 5.18. The van der Waals surface area contributed by atoms with Crippen molar-refractivity contribution in [1.29, 1.82) is 0 Å². The molecule has 1 amide bonds. The number of ether oxygens (including phenoxy) is 4. The number of hydrogen-bond acceptors (Lipinski definition) is 8. The van der Waals surface area contributed by atoms with Gasteiger partial charge >= 0.3 is 0 Å². The summed E-state index contributed by atoms with van der Waals surface area (Å²) in [5, 5.41) is 12.3. The van der Waals surface area contributed by atoms with Gasteiger partial charge in [0.05, 0.1) is 34.9 Å². The summed E-state index contributed by atoms with van der Waals surface area (Å²) >= 11 is 1.33. The summed E-state index contributed by atoms with van der Waals surface area (Å²) in [6, 6.07) is 11.1. The largest absolute Gasteiger partial charge is 0.493 e. The quantitative estimate of drug-likeness (QED) is 0.558. The molecule has 3 rings (SSSR count). The van der Waals surface area contributed by atoms with Gasteiger partial charge in [-0.15, -0.1) is 10.2 Å². The maximum Gasteiger partial charge on any atom is 0.230 e. The molecule has 0 aliphatic carbocycles. The highest BCUT2D eigenvalue weighted by molar-refractivity contribution is 7.15. The first-order valence-electron chi connectivity index (χ1n) is 9.10. The number of anilines is 1. The fraction of sp³-hybridized carbons (Fsp3) is 0.286. The fourth-order valence-corrected chi connectivity index (χ4v) is 3.67.